The third-order valence-electron chi connectivity index (χ3n) is 4.31. The lowest BCUT2D eigenvalue weighted by atomic mass is 10.1. The number of hydrogen-bond donors (Lipinski definition) is 2. The highest BCUT2D eigenvalue weighted by Crippen LogP contribution is 2.14. The summed E-state index contributed by atoms with van der Waals surface area (Å²) in [5.41, 5.74) is 0. The van der Waals surface area contributed by atoms with Gasteiger partial charge in [-0.25, -0.2) is 0 Å². The monoisotopic (exact) mass is 436 g/mol. The van der Waals surface area contributed by atoms with Crippen LogP contribution in [0.3, 0.4) is 0 Å². The van der Waals surface area contributed by atoms with Gasteiger partial charge >= 0.3 is 11.9 Å². The second-order valence-electron chi connectivity index (χ2n) is 7.48. The molecule has 0 heterocycles. The molecule has 9 nitrogen and oxygen atoms in total. The van der Waals surface area contributed by atoms with E-state index < -0.39 is 24.1 Å². The Morgan fingerprint density at radius 2 is 1.70 bits per heavy atom. The van der Waals surface area contributed by atoms with E-state index in [1.165, 1.54) is 0 Å². The van der Waals surface area contributed by atoms with E-state index >= 15 is 0 Å². The molecule has 0 rings (SSSR count). The summed E-state index contributed by atoms with van der Waals surface area (Å²) in [4.78, 5) is 22.1. The molecule has 0 spiro atoms. The zero-order valence-corrected chi connectivity index (χ0v) is 19.0. The van der Waals surface area contributed by atoms with Crippen molar-refractivity contribution < 1.29 is 43.5 Å². The number of methoxy groups -OCH3 is 1. The van der Waals surface area contributed by atoms with E-state index in [0.29, 0.717) is 19.6 Å². The largest absolute Gasteiger partial charge is 0.481 e. The molecule has 2 N–H and O–H groups in total. The summed E-state index contributed by atoms with van der Waals surface area (Å²) in [5.74, 6) is -1.61. The second kappa shape index (κ2) is 17.4. The Labute approximate surface area is 180 Å². The van der Waals surface area contributed by atoms with Crippen molar-refractivity contribution in [1.82, 2.24) is 0 Å². The van der Waals surface area contributed by atoms with E-state index in [2.05, 4.69) is 6.92 Å². The molecule has 0 aromatic heterocycles. The molecule has 30 heavy (non-hydrogen) atoms. The van der Waals surface area contributed by atoms with Gasteiger partial charge in [0, 0.05) is 20.1 Å². The van der Waals surface area contributed by atoms with Gasteiger partial charge in [-0.3, -0.25) is 9.59 Å². The Morgan fingerprint density at radius 3 is 2.27 bits per heavy atom. The van der Waals surface area contributed by atoms with Gasteiger partial charge in [-0.15, -0.1) is 0 Å². The average molecular weight is 437 g/mol. The van der Waals surface area contributed by atoms with Crippen molar-refractivity contribution in [3.05, 3.63) is 0 Å². The molecule has 0 bridgehead atoms. The zero-order valence-electron chi connectivity index (χ0n) is 19.0. The summed E-state index contributed by atoms with van der Waals surface area (Å²) in [6, 6.07) is 0. The molecule has 5 unspecified atom stereocenters. The number of aliphatic carboxylic acids is 1. The van der Waals surface area contributed by atoms with E-state index in [9.17, 15) is 14.7 Å². The molecule has 9 heteroatoms. The number of carboxylic acids is 1. The van der Waals surface area contributed by atoms with E-state index in [1.807, 2.05) is 6.92 Å². The molecule has 0 aliphatic rings. The van der Waals surface area contributed by atoms with Crippen LogP contribution in [0.2, 0.25) is 0 Å². The summed E-state index contributed by atoms with van der Waals surface area (Å²) >= 11 is 0. The quantitative estimate of drug-likeness (QED) is 0.232. The molecule has 0 saturated heterocycles. The van der Waals surface area contributed by atoms with Crippen LogP contribution in [0.1, 0.15) is 59.8 Å². The number of carboxylic acid groups (broad SMARTS) is 1. The topological polar surface area (TPSA) is 121 Å². The minimum Gasteiger partial charge on any atom is -0.481 e. The molecule has 0 aromatic carbocycles. The smallest absolute Gasteiger partial charge is 0.306 e. The van der Waals surface area contributed by atoms with Gasteiger partial charge in [0.25, 0.3) is 0 Å². The van der Waals surface area contributed by atoms with Crippen LogP contribution in [-0.2, 0) is 33.3 Å². The summed E-state index contributed by atoms with van der Waals surface area (Å²) in [6.45, 7) is 8.71. The SMILES string of the molecule is CCCCOCC(CC(OC)C(C)OCC(C)OC(=O)CCC(=O)O)OCC(C)O. The first-order chi connectivity index (χ1) is 14.2. The first-order valence-corrected chi connectivity index (χ1v) is 10.6. The third-order valence-corrected chi connectivity index (χ3v) is 4.31. The van der Waals surface area contributed by atoms with Crippen molar-refractivity contribution in [2.45, 2.75) is 90.3 Å². The lowest BCUT2D eigenvalue weighted by molar-refractivity contribution is -0.156. The minimum atomic E-state index is -1.04. The fourth-order valence-electron chi connectivity index (χ4n) is 2.58. The molecule has 0 aliphatic carbocycles. The molecule has 0 aromatic rings. The van der Waals surface area contributed by atoms with Gasteiger partial charge in [0.1, 0.15) is 6.10 Å². The Morgan fingerprint density at radius 1 is 1.00 bits per heavy atom. The van der Waals surface area contributed by atoms with Gasteiger partial charge in [-0.1, -0.05) is 13.3 Å². The Hall–Kier alpha value is -1.26. The highest BCUT2D eigenvalue weighted by Gasteiger charge is 2.24. The fourth-order valence-corrected chi connectivity index (χ4v) is 2.58. The van der Waals surface area contributed by atoms with Crippen molar-refractivity contribution in [3.8, 4) is 0 Å². The predicted octanol–water partition coefficient (Wildman–Crippen LogP) is 2.18. The summed E-state index contributed by atoms with van der Waals surface area (Å²) < 4.78 is 27.9. The van der Waals surface area contributed by atoms with Gasteiger partial charge in [0.2, 0.25) is 0 Å². The molecular weight excluding hydrogens is 396 g/mol. The van der Waals surface area contributed by atoms with E-state index in [4.69, 9.17) is 28.8 Å². The highest BCUT2D eigenvalue weighted by molar-refractivity contribution is 5.76. The first-order valence-electron chi connectivity index (χ1n) is 10.6. The zero-order chi connectivity index (χ0) is 22.9. The van der Waals surface area contributed by atoms with Crippen LogP contribution >= 0.6 is 0 Å². The van der Waals surface area contributed by atoms with Crippen LogP contribution in [-0.4, -0.2) is 86.2 Å². The van der Waals surface area contributed by atoms with Gasteiger partial charge in [0.05, 0.1) is 57.1 Å². The minimum absolute atomic E-state index is 0.159. The van der Waals surface area contributed by atoms with Crippen LogP contribution < -0.4 is 0 Å². The lowest BCUT2D eigenvalue weighted by Crippen LogP contribution is -2.37. The third kappa shape index (κ3) is 15.6. The Balaban J connectivity index is 4.50. The van der Waals surface area contributed by atoms with Gasteiger partial charge < -0.3 is 33.9 Å². The van der Waals surface area contributed by atoms with Crippen molar-refractivity contribution >= 4 is 11.9 Å². The molecule has 0 aliphatic heterocycles. The normalized spacial score (nSPS) is 16.5. The van der Waals surface area contributed by atoms with Crippen molar-refractivity contribution in [1.29, 1.82) is 0 Å². The number of carbonyl (C=O) groups is 2. The van der Waals surface area contributed by atoms with Crippen LogP contribution in [0.4, 0.5) is 0 Å². The number of ether oxygens (including phenoxy) is 5. The maximum atomic E-state index is 11.6. The second-order valence-corrected chi connectivity index (χ2v) is 7.48. The highest BCUT2D eigenvalue weighted by atomic mass is 16.6. The molecule has 0 saturated carbocycles. The standard InChI is InChI=1S/C21H40O9/c1-6-7-10-27-14-18(29-12-15(2)22)11-19(26-5)17(4)28-13-16(3)30-21(25)9-8-20(23)24/h15-19,22H,6-14H2,1-5H3,(H,23,24). The molecule has 5 atom stereocenters. The van der Waals surface area contributed by atoms with E-state index in [-0.39, 0.29) is 44.4 Å². The maximum Gasteiger partial charge on any atom is 0.306 e. The number of aliphatic hydroxyl groups excluding tert-OH is 1. The van der Waals surface area contributed by atoms with E-state index in [0.717, 1.165) is 12.8 Å². The average Bonchev–Trinajstić information content (AvgIpc) is 2.69. The summed E-state index contributed by atoms with van der Waals surface area (Å²) in [7, 11) is 1.59. The molecule has 0 fully saturated rings. The Kier molecular flexibility index (Phi) is 16.7. The van der Waals surface area contributed by atoms with Crippen LogP contribution in [0.25, 0.3) is 0 Å². The number of aliphatic hydroxyl groups is 1. The van der Waals surface area contributed by atoms with Crippen LogP contribution in [0.5, 0.6) is 0 Å². The summed E-state index contributed by atoms with van der Waals surface area (Å²) in [5, 5.41) is 18.1. The van der Waals surface area contributed by atoms with Crippen molar-refractivity contribution in [3.63, 3.8) is 0 Å². The Bertz CT molecular complexity index is 456. The molecular formula is C21H40O9. The van der Waals surface area contributed by atoms with Crippen LogP contribution in [0, 0.1) is 0 Å². The number of esters is 1. The van der Waals surface area contributed by atoms with Crippen molar-refractivity contribution in [2.24, 2.45) is 0 Å². The maximum absolute atomic E-state index is 11.6. The lowest BCUT2D eigenvalue weighted by Gasteiger charge is -2.28. The molecule has 0 amide bonds. The van der Waals surface area contributed by atoms with Crippen LogP contribution in [0.15, 0.2) is 0 Å². The first kappa shape index (κ1) is 28.7. The van der Waals surface area contributed by atoms with E-state index in [1.54, 1.807) is 21.0 Å². The number of rotatable bonds is 19. The van der Waals surface area contributed by atoms with Gasteiger partial charge in [0.15, 0.2) is 0 Å². The number of carbonyl (C=O) groups excluding carboxylic acids is 1. The van der Waals surface area contributed by atoms with Crippen molar-refractivity contribution in [2.75, 3.05) is 33.5 Å². The molecule has 0 radical (unpaired) electrons. The number of unbranched alkanes of at least 4 members (excludes halogenated alkanes) is 1. The van der Waals surface area contributed by atoms with Gasteiger partial charge in [-0.2, -0.15) is 0 Å². The predicted molar refractivity (Wildman–Crippen MR) is 110 cm³/mol. The fraction of sp³-hybridized carbons (Fsp3) is 0.905. The number of hydrogen-bond acceptors (Lipinski definition) is 8. The molecule has 178 valence electrons. The summed E-state index contributed by atoms with van der Waals surface area (Å²) in [6.07, 6.45) is 0.183. The van der Waals surface area contributed by atoms with Gasteiger partial charge in [-0.05, 0) is 27.2 Å².